The summed E-state index contributed by atoms with van der Waals surface area (Å²) >= 11 is 1.71. The van der Waals surface area contributed by atoms with E-state index in [2.05, 4.69) is 17.3 Å². The van der Waals surface area contributed by atoms with Crippen LogP contribution in [0.4, 0.5) is 0 Å². The van der Waals surface area contributed by atoms with Gasteiger partial charge in [0.2, 0.25) is 0 Å². The van der Waals surface area contributed by atoms with Crippen molar-refractivity contribution in [1.29, 1.82) is 0 Å². The van der Waals surface area contributed by atoms with Gasteiger partial charge in [-0.05, 0) is 20.8 Å². The fourth-order valence-corrected chi connectivity index (χ4v) is 1.94. The van der Waals surface area contributed by atoms with Gasteiger partial charge in [-0.1, -0.05) is 0 Å². The summed E-state index contributed by atoms with van der Waals surface area (Å²) in [7, 11) is 0. The van der Waals surface area contributed by atoms with Crippen LogP contribution in [0, 0.1) is 13.8 Å². The van der Waals surface area contributed by atoms with Gasteiger partial charge in [0.05, 0.1) is 16.7 Å². The molecule has 11 heavy (non-hydrogen) atoms. The lowest BCUT2D eigenvalue weighted by Crippen LogP contribution is -2.26. The fourth-order valence-electron chi connectivity index (χ4n) is 1.03. The van der Waals surface area contributed by atoms with Gasteiger partial charge in [0.1, 0.15) is 0 Å². The highest BCUT2D eigenvalue weighted by Gasteiger charge is 2.10. The minimum absolute atomic E-state index is 0.153. The van der Waals surface area contributed by atoms with Crippen molar-refractivity contribution in [2.75, 3.05) is 0 Å². The van der Waals surface area contributed by atoms with Crippen molar-refractivity contribution in [3.8, 4) is 0 Å². The Hall–Kier alpha value is -0.450. The van der Waals surface area contributed by atoms with Crippen molar-refractivity contribution in [2.24, 2.45) is 5.84 Å². The molecule has 3 nitrogen and oxygen atoms in total. The minimum Gasteiger partial charge on any atom is -0.271 e. The third kappa shape index (κ3) is 1.77. The zero-order chi connectivity index (χ0) is 8.43. The molecule has 0 saturated heterocycles. The van der Waals surface area contributed by atoms with E-state index in [0.29, 0.717) is 0 Å². The zero-order valence-corrected chi connectivity index (χ0v) is 7.83. The van der Waals surface area contributed by atoms with Gasteiger partial charge in [-0.2, -0.15) is 0 Å². The number of nitrogens with zero attached hydrogens (tertiary/aromatic N) is 1. The van der Waals surface area contributed by atoms with Gasteiger partial charge in [0.25, 0.3) is 0 Å². The maximum Gasteiger partial charge on any atom is 0.0900 e. The van der Waals surface area contributed by atoms with Crippen LogP contribution in [0.1, 0.15) is 28.5 Å². The highest BCUT2D eigenvalue weighted by atomic mass is 32.1. The summed E-state index contributed by atoms with van der Waals surface area (Å²) in [5, 5.41) is 1.10. The predicted molar refractivity (Wildman–Crippen MR) is 47.3 cm³/mol. The molecular formula is C7H13N3S. The average Bonchev–Trinajstić information content (AvgIpc) is 2.28. The predicted octanol–water partition coefficient (Wildman–Crippen LogP) is 1.28. The zero-order valence-electron chi connectivity index (χ0n) is 7.01. The van der Waals surface area contributed by atoms with Crippen LogP contribution in [0.2, 0.25) is 0 Å². The Balaban J connectivity index is 2.93. The molecule has 1 aromatic rings. The van der Waals surface area contributed by atoms with Gasteiger partial charge < -0.3 is 0 Å². The molecule has 0 aliphatic carbocycles. The molecule has 0 saturated carbocycles. The lowest BCUT2D eigenvalue weighted by atomic mass is 10.2. The van der Waals surface area contributed by atoms with E-state index in [1.807, 2.05) is 13.8 Å². The maximum absolute atomic E-state index is 5.30. The van der Waals surface area contributed by atoms with Crippen LogP contribution < -0.4 is 11.3 Å². The summed E-state index contributed by atoms with van der Waals surface area (Å²) in [6.45, 7) is 6.07. The molecule has 1 aromatic heterocycles. The first kappa shape index (κ1) is 8.64. The van der Waals surface area contributed by atoms with E-state index in [-0.39, 0.29) is 6.04 Å². The first-order valence-corrected chi connectivity index (χ1v) is 4.37. The van der Waals surface area contributed by atoms with Crippen LogP contribution >= 0.6 is 11.3 Å². The minimum atomic E-state index is 0.153. The van der Waals surface area contributed by atoms with Gasteiger partial charge in [-0.15, -0.1) is 11.3 Å². The Labute approximate surface area is 70.6 Å². The molecule has 3 N–H and O–H groups in total. The summed E-state index contributed by atoms with van der Waals surface area (Å²) in [6.07, 6.45) is 0. The number of nitrogens with one attached hydrogen (secondary N) is 1. The molecule has 0 radical (unpaired) electrons. The molecule has 1 rings (SSSR count). The molecule has 0 amide bonds. The Kier molecular flexibility index (Phi) is 2.59. The van der Waals surface area contributed by atoms with E-state index in [1.54, 1.807) is 11.3 Å². The van der Waals surface area contributed by atoms with Crippen LogP contribution in [-0.4, -0.2) is 4.98 Å². The molecule has 0 fully saturated rings. The van der Waals surface area contributed by atoms with Crippen molar-refractivity contribution in [3.63, 3.8) is 0 Å². The van der Waals surface area contributed by atoms with E-state index in [1.165, 1.54) is 4.88 Å². The summed E-state index contributed by atoms with van der Waals surface area (Å²) in [4.78, 5) is 5.60. The maximum atomic E-state index is 5.30. The molecule has 62 valence electrons. The lowest BCUT2D eigenvalue weighted by molar-refractivity contribution is 0.586. The number of nitrogens with two attached hydrogens (primary N) is 1. The van der Waals surface area contributed by atoms with Crippen LogP contribution in [0.5, 0.6) is 0 Å². The van der Waals surface area contributed by atoms with Crippen LogP contribution in [0.15, 0.2) is 0 Å². The molecule has 4 heteroatoms. The molecule has 0 aliphatic heterocycles. The van der Waals surface area contributed by atoms with Gasteiger partial charge in [-0.3, -0.25) is 11.3 Å². The highest BCUT2D eigenvalue weighted by molar-refractivity contribution is 7.11. The lowest BCUT2D eigenvalue weighted by Gasteiger charge is -2.06. The third-order valence-corrected chi connectivity index (χ3v) is 2.50. The number of hydrogen-bond acceptors (Lipinski definition) is 4. The molecule has 0 bridgehead atoms. The fraction of sp³-hybridized carbons (Fsp3) is 0.571. The van der Waals surface area contributed by atoms with Gasteiger partial charge >= 0.3 is 0 Å². The second-order valence-electron chi connectivity index (χ2n) is 2.56. The SMILES string of the molecule is Cc1nc(C(C)NN)c(C)s1. The van der Waals surface area contributed by atoms with Crippen molar-refractivity contribution < 1.29 is 0 Å². The van der Waals surface area contributed by atoms with Gasteiger partial charge in [0, 0.05) is 4.88 Å². The normalized spacial score (nSPS) is 13.5. The Morgan fingerprint density at radius 3 is 2.55 bits per heavy atom. The summed E-state index contributed by atoms with van der Waals surface area (Å²) in [6, 6.07) is 0.153. The number of hydrogen-bond donors (Lipinski definition) is 2. The van der Waals surface area contributed by atoms with Crippen LogP contribution in [0.25, 0.3) is 0 Å². The van der Waals surface area contributed by atoms with E-state index < -0.39 is 0 Å². The van der Waals surface area contributed by atoms with Crippen molar-refractivity contribution in [3.05, 3.63) is 15.6 Å². The van der Waals surface area contributed by atoms with E-state index >= 15 is 0 Å². The first-order valence-electron chi connectivity index (χ1n) is 3.55. The summed E-state index contributed by atoms with van der Waals surface area (Å²) in [5.74, 6) is 5.30. The van der Waals surface area contributed by atoms with E-state index in [0.717, 1.165) is 10.7 Å². The molecule has 0 aromatic carbocycles. The molecule has 1 unspecified atom stereocenters. The number of thiazole rings is 1. The third-order valence-electron chi connectivity index (χ3n) is 1.60. The number of rotatable bonds is 2. The van der Waals surface area contributed by atoms with E-state index in [4.69, 9.17) is 5.84 Å². The number of hydrazine groups is 1. The monoisotopic (exact) mass is 171 g/mol. The summed E-state index contributed by atoms with van der Waals surface area (Å²) in [5.41, 5.74) is 3.74. The second kappa shape index (κ2) is 3.30. The number of aromatic nitrogens is 1. The van der Waals surface area contributed by atoms with Crippen LogP contribution in [-0.2, 0) is 0 Å². The molecule has 0 spiro atoms. The van der Waals surface area contributed by atoms with Crippen LogP contribution in [0.3, 0.4) is 0 Å². The Morgan fingerprint density at radius 1 is 1.55 bits per heavy atom. The van der Waals surface area contributed by atoms with Gasteiger partial charge in [-0.25, -0.2) is 4.98 Å². The van der Waals surface area contributed by atoms with Crippen molar-refractivity contribution in [1.82, 2.24) is 10.4 Å². The topological polar surface area (TPSA) is 50.9 Å². The Bertz CT molecular complexity index is 244. The van der Waals surface area contributed by atoms with Crippen molar-refractivity contribution in [2.45, 2.75) is 26.8 Å². The molecule has 1 heterocycles. The highest BCUT2D eigenvalue weighted by Crippen LogP contribution is 2.21. The Morgan fingerprint density at radius 2 is 2.18 bits per heavy atom. The molecule has 0 aliphatic rings. The first-order chi connectivity index (χ1) is 5.15. The second-order valence-corrected chi connectivity index (χ2v) is 3.97. The quantitative estimate of drug-likeness (QED) is 0.520. The smallest absolute Gasteiger partial charge is 0.0900 e. The molecular weight excluding hydrogens is 158 g/mol. The molecule has 1 atom stereocenters. The average molecular weight is 171 g/mol. The van der Waals surface area contributed by atoms with Gasteiger partial charge in [0.15, 0.2) is 0 Å². The largest absolute Gasteiger partial charge is 0.271 e. The van der Waals surface area contributed by atoms with Crippen molar-refractivity contribution >= 4 is 11.3 Å². The standard InChI is InChI=1S/C7H13N3S/c1-4(10-8)7-5(2)11-6(3)9-7/h4,10H,8H2,1-3H3. The van der Waals surface area contributed by atoms with E-state index in [9.17, 15) is 0 Å². The number of aryl methyl sites for hydroxylation is 2. The summed E-state index contributed by atoms with van der Waals surface area (Å²) < 4.78 is 0.